The summed E-state index contributed by atoms with van der Waals surface area (Å²) in [4.78, 5) is 13.4. The Morgan fingerprint density at radius 1 is 0.677 bits per heavy atom. The number of hydrogen-bond donors (Lipinski definition) is 1. The smallest absolute Gasteiger partial charge is 0.193 e. The van der Waals surface area contributed by atoms with Crippen LogP contribution in [0, 0.1) is 0 Å². The fraction of sp³-hybridized carbons (Fsp3) is 0.207. The molecule has 5 rings (SSSR count). The van der Waals surface area contributed by atoms with E-state index in [9.17, 15) is 9.90 Å². The maximum absolute atomic E-state index is 13.4. The van der Waals surface area contributed by atoms with Crippen LogP contribution in [0.4, 0.5) is 0 Å². The molecule has 0 aromatic heterocycles. The molecular weight excluding hydrogens is 380 g/mol. The van der Waals surface area contributed by atoms with Gasteiger partial charge in [-0.1, -0.05) is 80.6 Å². The number of aryl methyl sites for hydroxylation is 2. The topological polar surface area (TPSA) is 37.3 Å². The zero-order valence-electron chi connectivity index (χ0n) is 18.0. The highest BCUT2D eigenvalue weighted by atomic mass is 16.3. The highest BCUT2D eigenvalue weighted by Gasteiger charge is 2.42. The van der Waals surface area contributed by atoms with Gasteiger partial charge in [-0.15, -0.1) is 0 Å². The van der Waals surface area contributed by atoms with Gasteiger partial charge < -0.3 is 5.11 Å². The molecule has 0 fully saturated rings. The van der Waals surface area contributed by atoms with Crippen molar-refractivity contribution in [2.75, 3.05) is 0 Å². The predicted octanol–water partition coefficient (Wildman–Crippen LogP) is 5.99. The molecule has 0 unspecified atom stereocenters. The Morgan fingerprint density at radius 3 is 1.81 bits per heavy atom. The number of aliphatic hydroxyl groups is 1. The Labute approximate surface area is 183 Å². The molecule has 0 heterocycles. The maximum atomic E-state index is 13.4. The molecular formula is C29H26O2. The fourth-order valence-corrected chi connectivity index (χ4v) is 4.84. The minimum Gasteiger partial charge on any atom is -0.380 e. The molecule has 0 atom stereocenters. The summed E-state index contributed by atoms with van der Waals surface area (Å²) < 4.78 is 0. The Hall–Kier alpha value is -3.23. The van der Waals surface area contributed by atoms with E-state index in [0.717, 1.165) is 34.9 Å². The summed E-state index contributed by atoms with van der Waals surface area (Å²) in [7, 11) is 0. The molecule has 0 spiro atoms. The van der Waals surface area contributed by atoms with E-state index in [-0.39, 0.29) is 5.78 Å². The maximum Gasteiger partial charge on any atom is 0.193 e. The Balaban J connectivity index is 1.71. The number of benzene rings is 4. The van der Waals surface area contributed by atoms with Gasteiger partial charge in [0.25, 0.3) is 0 Å². The number of carbonyl (C=O) groups excluding carboxylic acids is 1. The van der Waals surface area contributed by atoms with Gasteiger partial charge >= 0.3 is 0 Å². The number of hydrogen-bond acceptors (Lipinski definition) is 2. The molecule has 0 bridgehead atoms. The Kier molecular flexibility index (Phi) is 4.75. The van der Waals surface area contributed by atoms with Gasteiger partial charge in [0, 0.05) is 17.5 Å². The van der Waals surface area contributed by atoms with Gasteiger partial charge in [-0.2, -0.15) is 0 Å². The zero-order chi connectivity index (χ0) is 21.6. The van der Waals surface area contributed by atoms with E-state index in [0.29, 0.717) is 28.7 Å². The second-order valence-corrected chi connectivity index (χ2v) is 8.51. The van der Waals surface area contributed by atoms with Gasteiger partial charge in [-0.05, 0) is 63.6 Å². The highest BCUT2D eigenvalue weighted by molar-refractivity contribution is 6.13. The summed E-state index contributed by atoms with van der Waals surface area (Å²) in [6, 6.07) is 26.5. The van der Waals surface area contributed by atoms with E-state index in [1.165, 1.54) is 5.39 Å². The lowest BCUT2D eigenvalue weighted by Crippen LogP contribution is -2.37. The molecule has 1 N–H and O–H groups in total. The van der Waals surface area contributed by atoms with Gasteiger partial charge in [0.2, 0.25) is 0 Å². The number of rotatable bonds is 4. The average Bonchev–Trinajstić information content (AvgIpc) is 2.82. The predicted molar refractivity (Wildman–Crippen MR) is 126 cm³/mol. The lowest BCUT2D eigenvalue weighted by molar-refractivity contribution is 0.0720. The summed E-state index contributed by atoms with van der Waals surface area (Å²) in [5, 5.41) is 14.5. The van der Waals surface area contributed by atoms with Crippen LogP contribution in [0.25, 0.3) is 10.8 Å². The van der Waals surface area contributed by atoms with E-state index in [1.54, 1.807) is 0 Å². The molecule has 4 aromatic carbocycles. The van der Waals surface area contributed by atoms with Crippen LogP contribution < -0.4 is 0 Å². The van der Waals surface area contributed by atoms with Crippen LogP contribution in [0.15, 0.2) is 78.9 Å². The largest absolute Gasteiger partial charge is 0.380 e. The number of carbonyl (C=O) groups is 1. The van der Waals surface area contributed by atoms with Crippen molar-refractivity contribution >= 4 is 16.6 Å². The minimum absolute atomic E-state index is 0.0128. The van der Waals surface area contributed by atoms with Crippen molar-refractivity contribution in [3.63, 3.8) is 0 Å². The molecule has 1 aliphatic rings. The summed E-state index contributed by atoms with van der Waals surface area (Å²) in [6.07, 6.45) is 2.12. The average molecular weight is 407 g/mol. The summed E-state index contributed by atoms with van der Waals surface area (Å²) in [6.45, 7) is 4.17. The van der Waals surface area contributed by atoms with Crippen molar-refractivity contribution in [3.8, 4) is 0 Å². The van der Waals surface area contributed by atoms with Crippen LogP contribution in [-0.2, 0) is 24.9 Å². The van der Waals surface area contributed by atoms with Crippen molar-refractivity contribution in [2.45, 2.75) is 38.7 Å². The summed E-state index contributed by atoms with van der Waals surface area (Å²) >= 11 is 0. The quantitative estimate of drug-likeness (QED) is 0.452. The van der Waals surface area contributed by atoms with E-state index in [4.69, 9.17) is 0 Å². The van der Waals surface area contributed by atoms with Gasteiger partial charge in [-0.3, -0.25) is 4.79 Å². The molecule has 1 aliphatic carbocycles. The van der Waals surface area contributed by atoms with Crippen LogP contribution in [0.2, 0.25) is 0 Å². The molecule has 0 radical (unpaired) electrons. The van der Waals surface area contributed by atoms with E-state index in [2.05, 4.69) is 44.2 Å². The van der Waals surface area contributed by atoms with Crippen molar-refractivity contribution in [1.82, 2.24) is 0 Å². The third kappa shape index (κ3) is 3.19. The minimum atomic E-state index is -1.25. The van der Waals surface area contributed by atoms with Crippen molar-refractivity contribution in [3.05, 3.63) is 118 Å². The lowest BCUT2D eigenvalue weighted by atomic mass is 9.70. The van der Waals surface area contributed by atoms with Crippen LogP contribution in [0.1, 0.15) is 57.6 Å². The standard InChI is InChI=1S/C29H26O2/c1-3-19-10-13-26-24(16-19)28(30)25-17-20(4-2)11-14-27(25)29(26,31)18-21-9-12-22-7-5-6-8-23(22)15-21/h5-17,31H,3-4,18H2,1-2H3. The SMILES string of the molecule is CCc1ccc2c(c1)C(=O)c1cc(CC)ccc1C2(O)Cc1ccc2ccccc2c1. The normalized spacial score (nSPS) is 14.4. The monoisotopic (exact) mass is 406 g/mol. The van der Waals surface area contributed by atoms with Crippen molar-refractivity contribution in [1.29, 1.82) is 0 Å². The highest BCUT2D eigenvalue weighted by Crippen LogP contribution is 2.43. The van der Waals surface area contributed by atoms with Crippen LogP contribution >= 0.6 is 0 Å². The van der Waals surface area contributed by atoms with Gasteiger partial charge in [-0.25, -0.2) is 0 Å². The molecule has 0 saturated carbocycles. The second-order valence-electron chi connectivity index (χ2n) is 8.51. The first-order valence-corrected chi connectivity index (χ1v) is 11.0. The molecule has 2 heteroatoms. The summed E-state index contributed by atoms with van der Waals surface area (Å²) in [5.41, 5.74) is 4.68. The molecule has 4 aromatic rings. The Bertz CT molecular complexity index is 1260. The third-order valence-corrected chi connectivity index (χ3v) is 6.64. The molecule has 2 nitrogen and oxygen atoms in total. The first-order valence-electron chi connectivity index (χ1n) is 11.0. The van der Waals surface area contributed by atoms with Crippen molar-refractivity contribution in [2.24, 2.45) is 0 Å². The van der Waals surface area contributed by atoms with Gasteiger partial charge in [0.05, 0.1) is 0 Å². The lowest BCUT2D eigenvalue weighted by Gasteiger charge is -2.36. The summed E-state index contributed by atoms with van der Waals surface area (Å²) in [5.74, 6) is 0.0128. The first kappa shape index (κ1) is 19.7. The molecule has 154 valence electrons. The van der Waals surface area contributed by atoms with Crippen LogP contribution in [0.5, 0.6) is 0 Å². The molecule has 0 amide bonds. The van der Waals surface area contributed by atoms with Crippen molar-refractivity contribution < 1.29 is 9.90 Å². The first-order chi connectivity index (χ1) is 15.0. The molecule has 31 heavy (non-hydrogen) atoms. The second kappa shape index (κ2) is 7.47. The molecule has 0 aliphatic heterocycles. The van der Waals surface area contributed by atoms with Crippen LogP contribution in [-0.4, -0.2) is 10.9 Å². The Morgan fingerprint density at radius 2 is 1.23 bits per heavy atom. The van der Waals surface area contributed by atoms with Crippen LogP contribution in [0.3, 0.4) is 0 Å². The zero-order valence-corrected chi connectivity index (χ0v) is 18.0. The fourth-order valence-electron chi connectivity index (χ4n) is 4.84. The number of ketones is 1. The van der Waals surface area contributed by atoms with E-state index >= 15 is 0 Å². The van der Waals surface area contributed by atoms with E-state index in [1.807, 2.05) is 48.5 Å². The van der Waals surface area contributed by atoms with Gasteiger partial charge in [0.15, 0.2) is 5.78 Å². The third-order valence-electron chi connectivity index (χ3n) is 6.64. The van der Waals surface area contributed by atoms with Gasteiger partial charge in [0.1, 0.15) is 5.60 Å². The molecule has 0 saturated heterocycles. The van der Waals surface area contributed by atoms with E-state index < -0.39 is 5.60 Å². The number of fused-ring (bicyclic) bond motifs is 3.